The standard InChI is InChI=1S/C18H21NO3S/c1-21-15-8-10-17(11-9-15)23-12-4-7-18(20)19-14-5-3-6-16(13-14)22-2/h3,5-6,8-11,13H,4,7,12H2,1-2H3,(H,19,20). The van der Waals surface area contributed by atoms with Crippen LogP contribution in [0.4, 0.5) is 5.69 Å². The van der Waals surface area contributed by atoms with Crippen LogP contribution >= 0.6 is 11.8 Å². The molecule has 4 nitrogen and oxygen atoms in total. The van der Waals surface area contributed by atoms with Gasteiger partial charge in [0.15, 0.2) is 0 Å². The van der Waals surface area contributed by atoms with Crippen LogP contribution in [0, 0.1) is 0 Å². The van der Waals surface area contributed by atoms with E-state index in [0.717, 1.165) is 29.4 Å². The van der Waals surface area contributed by atoms with Gasteiger partial charge in [0.2, 0.25) is 5.91 Å². The number of carbonyl (C=O) groups excluding carboxylic acids is 1. The zero-order chi connectivity index (χ0) is 16.5. The lowest BCUT2D eigenvalue weighted by molar-refractivity contribution is -0.116. The molecule has 2 aromatic carbocycles. The van der Waals surface area contributed by atoms with Gasteiger partial charge in [0.1, 0.15) is 11.5 Å². The fraction of sp³-hybridized carbons (Fsp3) is 0.278. The molecule has 0 radical (unpaired) electrons. The van der Waals surface area contributed by atoms with Crippen molar-refractivity contribution in [3.05, 3.63) is 48.5 Å². The molecule has 2 aromatic rings. The summed E-state index contributed by atoms with van der Waals surface area (Å²) in [5.41, 5.74) is 0.761. The molecule has 0 atom stereocenters. The fourth-order valence-electron chi connectivity index (χ4n) is 2.02. The van der Waals surface area contributed by atoms with Crippen molar-refractivity contribution in [1.82, 2.24) is 0 Å². The predicted molar refractivity (Wildman–Crippen MR) is 94.6 cm³/mol. The number of methoxy groups -OCH3 is 2. The number of nitrogens with one attached hydrogen (secondary N) is 1. The van der Waals surface area contributed by atoms with E-state index in [9.17, 15) is 4.79 Å². The molecule has 0 spiro atoms. The van der Waals surface area contributed by atoms with Crippen molar-refractivity contribution in [1.29, 1.82) is 0 Å². The highest BCUT2D eigenvalue weighted by molar-refractivity contribution is 7.99. The molecule has 0 aliphatic heterocycles. The highest BCUT2D eigenvalue weighted by Gasteiger charge is 2.04. The molecule has 0 bridgehead atoms. The first kappa shape index (κ1) is 17.2. The van der Waals surface area contributed by atoms with Gasteiger partial charge in [-0.1, -0.05) is 6.07 Å². The average Bonchev–Trinajstić information content (AvgIpc) is 2.59. The van der Waals surface area contributed by atoms with E-state index < -0.39 is 0 Å². The summed E-state index contributed by atoms with van der Waals surface area (Å²) in [6.07, 6.45) is 1.33. The smallest absolute Gasteiger partial charge is 0.224 e. The summed E-state index contributed by atoms with van der Waals surface area (Å²) in [4.78, 5) is 13.1. The summed E-state index contributed by atoms with van der Waals surface area (Å²) >= 11 is 1.74. The third kappa shape index (κ3) is 5.87. The Labute approximate surface area is 141 Å². The monoisotopic (exact) mass is 331 g/mol. The Morgan fingerprint density at radius 1 is 1.04 bits per heavy atom. The molecule has 23 heavy (non-hydrogen) atoms. The van der Waals surface area contributed by atoms with E-state index in [2.05, 4.69) is 5.32 Å². The molecular formula is C18H21NO3S. The number of benzene rings is 2. The van der Waals surface area contributed by atoms with Crippen molar-refractivity contribution < 1.29 is 14.3 Å². The topological polar surface area (TPSA) is 47.6 Å². The zero-order valence-electron chi connectivity index (χ0n) is 13.4. The molecule has 122 valence electrons. The highest BCUT2D eigenvalue weighted by atomic mass is 32.2. The number of rotatable bonds is 8. The number of ether oxygens (including phenoxy) is 2. The minimum absolute atomic E-state index is 0.0218. The van der Waals surface area contributed by atoms with Gasteiger partial charge in [0.05, 0.1) is 14.2 Å². The summed E-state index contributed by atoms with van der Waals surface area (Å²) in [5, 5.41) is 2.89. The van der Waals surface area contributed by atoms with E-state index in [1.165, 1.54) is 4.90 Å². The number of thioether (sulfide) groups is 1. The first-order valence-corrected chi connectivity index (χ1v) is 8.40. The van der Waals surface area contributed by atoms with Gasteiger partial charge < -0.3 is 14.8 Å². The number of hydrogen-bond acceptors (Lipinski definition) is 4. The maximum atomic E-state index is 11.9. The summed E-state index contributed by atoms with van der Waals surface area (Å²) in [6, 6.07) is 15.3. The van der Waals surface area contributed by atoms with Gasteiger partial charge >= 0.3 is 0 Å². The first-order valence-electron chi connectivity index (χ1n) is 7.42. The molecule has 1 N–H and O–H groups in total. The maximum absolute atomic E-state index is 11.9. The Morgan fingerprint density at radius 3 is 2.48 bits per heavy atom. The van der Waals surface area contributed by atoms with Crippen molar-refractivity contribution in [2.45, 2.75) is 17.7 Å². The predicted octanol–water partition coefficient (Wildman–Crippen LogP) is 4.21. The van der Waals surface area contributed by atoms with Crippen LogP contribution in [-0.4, -0.2) is 25.9 Å². The van der Waals surface area contributed by atoms with E-state index in [1.807, 2.05) is 48.5 Å². The number of amides is 1. The van der Waals surface area contributed by atoms with Gasteiger partial charge in [-0.3, -0.25) is 4.79 Å². The Balaban J connectivity index is 1.69. The molecule has 0 saturated heterocycles. The van der Waals surface area contributed by atoms with Crippen LogP contribution in [0.25, 0.3) is 0 Å². The van der Waals surface area contributed by atoms with E-state index in [0.29, 0.717) is 6.42 Å². The second-order valence-corrected chi connectivity index (χ2v) is 6.08. The lowest BCUT2D eigenvalue weighted by Crippen LogP contribution is -2.11. The zero-order valence-corrected chi connectivity index (χ0v) is 14.2. The lowest BCUT2D eigenvalue weighted by atomic mass is 10.2. The average molecular weight is 331 g/mol. The van der Waals surface area contributed by atoms with Gasteiger partial charge in [-0.15, -0.1) is 11.8 Å². The summed E-state index contributed by atoms with van der Waals surface area (Å²) in [6.45, 7) is 0. The normalized spacial score (nSPS) is 10.2. The van der Waals surface area contributed by atoms with Gasteiger partial charge in [0, 0.05) is 23.1 Å². The molecule has 1 amide bonds. The molecule has 0 fully saturated rings. The molecule has 0 aromatic heterocycles. The highest BCUT2D eigenvalue weighted by Crippen LogP contribution is 2.22. The SMILES string of the molecule is COc1ccc(SCCCC(=O)Nc2cccc(OC)c2)cc1. The van der Waals surface area contributed by atoms with E-state index in [1.54, 1.807) is 26.0 Å². The Morgan fingerprint density at radius 2 is 1.78 bits per heavy atom. The maximum Gasteiger partial charge on any atom is 0.224 e. The van der Waals surface area contributed by atoms with Crippen LogP contribution in [0.5, 0.6) is 11.5 Å². The molecule has 0 saturated carbocycles. The van der Waals surface area contributed by atoms with Gasteiger partial charge in [-0.05, 0) is 48.6 Å². The van der Waals surface area contributed by atoms with Crippen molar-refractivity contribution in [2.24, 2.45) is 0 Å². The molecule has 0 unspecified atom stereocenters. The van der Waals surface area contributed by atoms with Gasteiger partial charge in [-0.2, -0.15) is 0 Å². The Bertz CT molecular complexity index is 628. The lowest BCUT2D eigenvalue weighted by Gasteiger charge is -2.07. The van der Waals surface area contributed by atoms with Crippen LogP contribution in [-0.2, 0) is 4.79 Å². The number of carbonyl (C=O) groups is 1. The summed E-state index contributed by atoms with van der Waals surface area (Å²) in [5.74, 6) is 2.51. The first-order chi connectivity index (χ1) is 11.2. The van der Waals surface area contributed by atoms with E-state index in [4.69, 9.17) is 9.47 Å². The second-order valence-electron chi connectivity index (χ2n) is 4.91. The van der Waals surface area contributed by atoms with Gasteiger partial charge in [0.25, 0.3) is 0 Å². The molecule has 5 heteroatoms. The van der Waals surface area contributed by atoms with Crippen LogP contribution in [0.15, 0.2) is 53.4 Å². The molecule has 0 heterocycles. The van der Waals surface area contributed by atoms with E-state index >= 15 is 0 Å². The molecular weight excluding hydrogens is 310 g/mol. The van der Waals surface area contributed by atoms with E-state index in [-0.39, 0.29) is 5.91 Å². The quantitative estimate of drug-likeness (QED) is 0.581. The summed E-state index contributed by atoms with van der Waals surface area (Å²) < 4.78 is 10.3. The van der Waals surface area contributed by atoms with Crippen LogP contribution < -0.4 is 14.8 Å². The van der Waals surface area contributed by atoms with Crippen molar-refractivity contribution in [2.75, 3.05) is 25.3 Å². The Kier molecular flexibility index (Phi) is 6.81. The summed E-state index contributed by atoms with van der Waals surface area (Å²) in [7, 11) is 3.26. The number of hydrogen-bond donors (Lipinski definition) is 1. The second kappa shape index (κ2) is 9.10. The number of anilines is 1. The van der Waals surface area contributed by atoms with Crippen molar-refractivity contribution >= 4 is 23.4 Å². The molecule has 0 aliphatic rings. The third-order valence-electron chi connectivity index (χ3n) is 3.23. The Hall–Kier alpha value is -2.14. The fourth-order valence-corrected chi connectivity index (χ4v) is 2.87. The minimum Gasteiger partial charge on any atom is -0.497 e. The molecule has 0 aliphatic carbocycles. The van der Waals surface area contributed by atoms with Crippen molar-refractivity contribution in [3.63, 3.8) is 0 Å². The van der Waals surface area contributed by atoms with Crippen molar-refractivity contribution in [3.8, 4) is 11.5 Å². The third-order valence-corrected chi connectivity index (χ3v) is 4.33. The van der Waals surface area contributed by atoms with Gasteiger partial charge in [-0.25, -0.2) is 0 Å². The van der Waals surface area contributed by atoms with Crippen LogP contribution in [0.2, 0.25) is 0 Å². The molecule has 2 rings (SSSR count). The minimum atomic E-state index is 0.0218. The van der Waals surface area contributed by atoms with Crippen LogP contribution in [0.3, 0.4) is 0 Å². The van der Waals surface area contributed by atoms with Crippen LogP contribution in [0.1, 0.15) is 12.8 Å². The largest absolute Gasteiger partial charge is 0.497 e.